The second kappa shape index (κ2) is 6.31. The van der Waals surface area contributed by atoms with Gasteiger partial charge in [0.1, 0.15) is 0 Å². The van der Waals surface area contributed by atoms with Crippen molar-refractivity contribution in [3.8, 4) is 0 Å². The maximum atomic E-state index is 9.13. The molecule has 2 aromatic rings. The van der Waals surface area contributed by atoms with Gasteiger partial charge in [0.05, 0.1) is 19.3 Å². The molecule has 1 aromatic carbocycles. The normalized spacial score (nSPS) is 11.6. The highest BCUT2D eigenvalue weighted by atomic mass is 35.5. The Morgan fingerprint density at radius 1 is 1.37 bits per heavy atom. The van der Waals surface area contributed by atoms with Crippen molar-refractivity contribution in [1.82, 2.24) is 9.55 Å². The smallest absolute Gasteiger partial charge is 0.151 e. The van der Waals surface area contributed by atoms with Crippen molar-refractivity contribution in [2.75, 3.05) is 6.61 Å². The predicted octanol–water partition coefficient (Wildman–Crippen LogP) is 2.10. The Hall–Kier alpha value is -1.91. The van der Waals surface area contributed by atoms with E-state index in [1.54, 1.807) is 23.2 Å². The molecule has 0 radical (unpaired) electrons. The van der Waals surface area contributed by atoms with E-state index in [0.717, 1.165) is 5.56 Å². The van der Waals surface area contributed by atoms with E-state index in [0.29, 0.717) is 22.8 Å². The van der Waals surface area contributed by atoms with Crippen LogP contribution in [-0.4, -0.2) is 21.3 Å². The first-order valence-corrected chi connectivity index (χ1v) is 6.15. The van der Waals surface area contributed by atoms with Crippen molar-refractivity contribution in [2.45, 2.75) is 6.54 Å². The lowest BCUT2D eigenvalue weighted by molar-refractivity contribution is 0.343. The van der Waals surface area contributed by atoms with Crippen LogP contribution in [0.1, 0.15) is 5.56 Å². The Balaban J connectivity index is 2.28. The lowest BCUT2D eigenvalue weighted by Gasteiger charge is -2.07. The number of hydrogen-bond donors (Lipinski definition) is 1. The third-order valence-corrected chi connectivity index (χ3v) is 2.85. The minimum Gasteiger partial charge on any atom is -0.390 e. The Morgan fingerprint density at radius 2 is 2.11 bits per heavy atom. The fraction of sp³-hybridized carbons (Fsp3) is 0.143. The second-order valence-electron chi connectivity index (χ2n) is 3.97. The molecule has 0 saturated carbocycles. The molecule has 98 valence electrons. The molecule has 4 nitrogen and oxygen atoms in total. The lowest BCUT2D eigenvalue weighted by Crippen LogP contribution is -2.21. The summed E-state index contributed by atoms with van der Waals surface area (Å²) in [5.74, 6) is 0. The zero-order valence-electron chi connectivity index (χ0n) is 10.3. The zero-order valence-corrected chi connectivity index (χ0v) is 11.1. The molecule has 0 saturated heterocycles. The lowest BCUT2D eigenvalue weighted by atomic mass is 10.2. The zero-order chi connectivity index (χ0) is 13.7. The highest BCUT2D eigenvalue weighted by molar-refractivity contribution is 6.30. The molecule has 2 rings (SSSR count). The van der Waals surface area contributed by atoms with Crippen LogP contribution in [0, 0.1) is 0 Å². The van der Waals surface area contributed by atoms with Crippen LogP contribution in [0.25, 0.3) is 5.70 Å². The summed E-state index contributed by atoms with van der Waals surface area (Å²) in [5.41, 5.74) is 2.25. The van der Waals surface area contributed by atoms with E-state index in [1.165, 1.54) is 0 Å². The minimum absolute atomic E-state index is 0.127. The van der Waals surface area contributed by atoms with Gasteiger partial charge < -0.3 is 9.67 Å². The predicted molar refractivity (Wildman–Crippen MR) is 75.4 cm³/mol. The Kier molecular flexibility index (Phi) is 4.49. The van der Waals surface area contributed by atoms with Crippen LogP contribution in [0.3, 0.4) is 0 Å². The van der Waals surface area contributed by atoms with E-state index in [4.69, 9.17) is 16.7 Å². The second-order valence-corrected chi connectivity index (χ2v) is 4.41. The Morgan fingerprint density at radius 3 is 2.79 bits per heavy atom. The van der Waals surface area contributed by atoms with Crippen molar-refractivity contribution in [2.24, 2.45) is 4.99 Å². The molecule has 0 amide bonds. The minimum atomic E-state index is -0.127. The molecule has 0 fully saturated rings. The van der Waals surface area contributed by atoms with Crippen LogP contribution < -0.4 is 5.49 Å². The highest BCUT2D eigenvalue weighted by Gasteiger charge is 1.97. The number of benzene rings is 1. The van der Waals surface area contributed by atoms with Crippen molar-refractivity contribution in [1.29, 1.82) is 0 Å². The van der Waals surface area contributed by atoms with Crippen LogP contribution in [-0.2, 0) is 6.54 Å². The van der Waals surface area contributed by atoms with Crippen molar-refractivity contribution < 1.29 is 5.11 Å². The van der Waals surface area contributed by atoms with Crippen LogP contribution in [0.4, 0.5) is 0 Å². The molecule has 0 aliphatic heterocycles. The van der Waals surface area contributed by atoms with Gasteiger partial charge in [-0.25, -0.2) is 0 Å². The summed E-state index contributed by atoms with van der Waals surface area (Å²) in [4.78, 5) is 8.49. The molecule has 1 N–H and O–H groups in total. The molecule has 0 spiro atoms. The third-order valence-electron chi connectivity index (χ3n) is 2.60. The van der Waals surface area contributed by atoms with E-state index < -0.39 is 0 Å². The molecular formula is C14H14ClN3O. The standard InChI is InChI=1S/C14H14ClN3O/c1-11(10-19)18-7-6-16-9-14(18)17-8-12-2-4-13(15)5-3-12/h2-7,9,19H,1,8,10H2/b17-14-. The van der Waals surface area contributed by atoms with Crippen molar-refractivity contribution >= 4 is 17.3 Å². The molecule has 1 aromatic heterocycles. The van der Waals surface area contributed by atoms with E-state index >= 15 is 0 Å². The first kappa shape index (κ1) is 13.5. The van der Waals surface area contributed by atoms with Gasteiger partial charge in [-0.1, -0.05) is 30.3 Å². The van der Waals surface area contributed by atoms with E-state index in [-0.39, 0.29) is 6.61 Å². The number of aliphatic hydroxyl groups is 1. The first-order valence-electron chi connectivity index (χ1n) is 5.77. The number of nitrogens with zero attached hydrogens (tertiary/aromatic N) is 3. The summed E-state index contributed by atoms with van der Waals surface area (Å²) in [7, 11) is 0. The quantitative estimate of drug-likeness (QED) is 0.929. The van der Waals surface area contributed by atoms with Crippen molar-refractivity contribution in [3.05, 3.63) is 65.5 Å². The maximum Gasteiger partial charge on any atom is 0.151 e. The van der Waals surface area contributed by atoms with Gasteiger partial charge in [0.15, 0.2) is 5.49 Å². The maximum absolute atomic E-state index is 9.13. The molecule has 0 unspecified atom stereocenters. The fourth-order valence-corrected chi connectivity index (χ4v) is 1.70. The SMILES string of the molecule is C=C(CO)n1ccnc/c1=N/Cc1ccc(Cl)cc1. The highest BCUT2D eigenvalue weighted by Crippen LogP contribution is 2.09. The summed E-state index contributed by atoms with van der Waals surface area (Å²) in [6, 6.07) is 7.51. The molecule has 0 aliphatic rings. The number of hydrogen-bond acceptors (Lipinski definition) is 3. The van der Waals surface area contributed by atoms with Gasteiger partial charge in [0.2, 0.25) is 0 Å². The number of rotatable bonds is 4. The van der Waals surface area contributed by atoms with Gasteiger partial charge in [-0.15, -0.1) is 0 Å². The number of aromatic nitrogens is 2. The molecule has 0 bridgehead atoms. The molecule has 5 heteroatoms. The molecule has 0 atom stereocenters. The summed E-state index contributed by atoms with van der Waals surface area (Å²) < 4.78 is 1.71. The van der Waals surface area contributed by atoms with Gasteiger partial charge in [0, 0.05) is 23.1 Å². The largest absolute Gasteiger partial charge is 0.390 e. The molecule has 1 heterocycles. The molecule has 19 heavy (non-hydrogen) atoms. The van der Waals surface area contributed by atoms with E-state index in [2.05, 4.69) is 16.6 Å². The first-order chi connectivity index (χ1) is 9.20. The average molecular weight is 276 g/mol. The Bertz CT molecular complexity index is 632. The topological polar surface area (TPSA) is 50.4 Å². The summed E-state index contributed by atoms with van der Waals surface area (Å²) in [5, 5.41) is 9.83. The number of aliphatic hydroxyl groups excluding tert-OH is 1. The number of halogens is 1. The van der Waals surface area contributed by atoms with Gasteiger partial charge in [-0.3, -0.25) is 9.98 Å². The summed E-state index contributed by atoms with van der Waals surface area (Å²) in [6.07, 6.45) is 4.98. The van der Waals surface area contributed by atoms with E-state index in [1.807, 2.05) is 24.3 Å². The van der Waals surface area contributed by atoms with Gasteiger partial charge in [-0.2, -0.15) is 0 Å². The summed E-state index contributed by atoms with van der Waals surface area (Å²) >= 11 is 5.83. The molecular weight excluding hydrogens is 262 g/mol. The molecule has 0 aliphatic carbocycles. The Labute approximate surface area is 116 Å². The van der Waals surface area contributed by atoms with Gasteiger partial charge >= 0.3 is 0 Å². The van der Waals surface area contributed by atoms with Crippen LogP contribution in [0.15, 0.2) is 54.4 Å². The average Bonchev–Trinajstić information content (AvgIpc) is 2.46. The van der Waals surface area contributed by atoms with E-state index in [9.17, 15) is 0 Å². The van der Waals surface area contributed by atoms with Gasteiger partial charge in [-0.05, 0) is 17.7 Å². The van der Waals surface area contributed by atoms with Crippen LogP contribution in [0.2, 0.25) is 5.02 Å². The third kappa shape index (κ3) is 3.53. The van der Waals surface area contributed by atoms with Crippen LogP contribution >= 0.6 is 11.6 Å². The van der Waals surface area contributed by atoms with Gasteiger partial charge in [0.25, 0.3) is 0 Å². The fourth-order valence-electron chi connectivity index (χ4n) is 1.58. The summed E-state index contributed by atoms with van der Waals surface area (Å²) in [6.45, 7) is 4.17. The van der Waals surface area contributed by atoms with Crippen LogP contribution in [0.5, 0.6) is 0 Å². The monoisotopic (exact) mass is 275 g/mol. The van der Waals surface area contributed by atoms with Crippen molar-refractivity contribution in [3.63, 3.8) is 0 Å².